The fourth-order valence-corrected chi connectivity index (χ4v) is 2.37. The molecule has 98 valence electrons. The highest BCUT2D eigenvalue weighted by molar-refractivity contribution is 7.98. The summed E-state index contributed by atoms with van der Waals surface area (Å²) in [7, 11) is 1.88. The second kappa shape index (κ2) is 6.86. The number of aliphatic carboxylic acids is 1. The van der Waals surface area contributed by atoms with E-state index in [0.29, 0.717) is 19.5 Å². The Bertz CT molecular complexity index is 286. The molecule has 1 heterocycles. The zero-order valence-electron chi connectivity index (χ0n) is 10.4. The van der Waals surface area contributed by atoms with Crippen molar-refractivity contribution in [1.82, 2.24) is 9.80 Å². The van der Waals surface area contributed by atoms with Crippen molar-refractivity contribution in [2.24, 2.45) is 0 Å². The zero-order chi connectivity index (χ0) is 12.8. The molecule has 0 radical (unpaired) electrons. The molecule has 1 aliphatic heterocycles. The average molecular weight is 260 g/mol. The van der Waals surface area contributed by atoms with Crippen molar-refractivity contribution in [3.8, 4) is 0 Å². The van der Waals surface area contributed by atoms with E-state index >= 15 is 0 Å². The Morgan fingerprint density at radius 3 is 2.71 bits per heavy atom. The van der Waals surface area contributed by atoms with Gasteiger partial charge in [-0.2, -0.15) is 11.8 Å². The quantitative estimate of drug-likeness (QED) is 0.723. The predicted octanol–water partition coefficient (Wildman–Crippen LogP) is 0.357. The van der Waals surface area contributed by atoms with E-state index in [-0.39, 0.29) is 5.91 Å². The van der Waals surface area contributed by atoms with Crippen molar-refractivity contribution in [2.75, 3.05) is 38.7 Å². The molecule has 1 unspecified atom stereocenters. The van der Waals surface area contributed by atoms with Crippen molar-refractivity contribution in [3.05, 3.63) is 0 Å². The van der Waals surface area contributed by atoms with Gasteiger partial charge >= 0.3 is 5.97 Å². The Morgan fingerprint density at radius 1 is 1.41 bits per heavy atom. The lowest BCUT2D eigenvalue weighted by Gasteiger charge is -2.37. The SMILES string of the molecule is CSCCCC(=O)N1CCN(C)CC1C(=O)O. The molecule has 0 aromatic heterocycles. The van der Waals surface area contributed by atoms with Gasteiger partial charge in [0.15, 0.2) is 0 Å². The maximum Gasteiger partial charge on any atom is 0.327 e. The first kappa shape index (κ1) is 14.3. The highest BCUT2D eigenvalue weighted by Crippen LogP contribution is 2.12. The first-order valence-electron chi connectivity index (χ1n) is 5.76. The molecule has 1 saturated heterocycles. The van der Waals surface area contributed by atoms with Gasteiger partial charge in [-0.15, -0.1) is 0 Å². The molecule has 6 heteroatoms. The number of thioether (sulfide) groups is 1. The van der Waals surface area contributed by atoms with Gasteiger partial charge in [-0.1, -0.05) is 0 Å². The third kappa shape index (κ3) is 4.20. The van der Waals surface area contributed by atoms with Crippen LogP contribution in [-0.4, -0.2) is 71.5 Å². The molecule has 1 N–H and O–H groups in total. The zero-order valence-corrected chi connectivity index (χ0v) is 11.2. The molecule has 1 amide bonds. The van der Waals surface area contributed by atoms with Crippen LogP contribution in [0.25, 0.3) is 0 Å². The summed E-state index contributed by atoms with van der Waals surface area (Å²) in [6.07, 6.45) is 3.27. The van der Waals surface area contributed by atoms with Crippen LogP contribution < -0.4 is 0 Å². The topological polar surface area (TPSA) is 60.9 Å². The number of likely N-dealkylation sites (N-methyl/N-ethyl adjacent to an activating group) is 1. The predicted molar refractivity (Wildman–Crippen MR) is 68.2 cm³/mol. The Morgan fingerprint density at radius 2 is 2.12 bits per heavy atom. The van der Waals surface area contributed by atoms with Crippen molar-refractivity contribution >= 4 is 23.6 Å². The van der Waals surface area contributed by atoms with Gasteiger partial charge in [-0.05, 0) is 25.5 Å². The average Bonchev–Trinajstić information content (AvgIpc) is 2.29. The first-order chi connectivity index (χ1) is 8.06. The summed E-state index contributed by atoms with van der Waals surface area (Å²) < 4.78 is 0. The number of carboxylic acid groups (broad SMARTS) is 1. The molecule has 17 heavy (non-hydrogen) atoms. The van der Waals surface area contributed by atoms with E-state index in [1.165, 1.54) is 4.90 Å². The maximum atomic E-state index is 11.9. The van der Waals surface area contributed by atoms with Gasteiger partial charge in [0.25, 0.3) is 0 Å². The van der Waals surface area contributed by atoms with Gasteiger partial charge in [-0.3, -0.25) is 4.79 Å². The fraction of sp³-hybridized carbons (Fsp3) is 0.818. The maximum absolute atomic E-state index is 11.9. The number of carbonyl (C=O) groups excluding carboxylic acids is 1. The van der Waals surface area contributed by atoms with Crippen LogP contribution in [0.5, 0.6) is 0 Å². The van der Waals surface area contributed by atoms with Gasteiger partial charge in [-0.25, -0.2) is 4.79 Å². The third-order valence-corrected chi connectivity index (χ3v) is 3.62. The van der Waals surface area contributed by atoms with E-state index < -0.39 is 12.0 Å². The van der Waals surface area contributed by atoms with Gasteiger partial charge in [0.1, 0.15) is 6.04 Å². The lowest BCUT2D eigenvalue weighted by Crippen LogP contribution is -2.57. The van der Waals surface area contributed by atoms with E-state index in [1.807, 2.05) is 18.2 Å². The van der Waals surface area contributed by atoms with E-state index in [1.54, 1.807) is 11.8 Å². The minimum absolute atomic E-state index is 0.0282. The Balaban J connectivity index is 2.54. The molecule has 5 nitrogen and oxygen atoms in total. The summed E-state index contributed by atoms with van der Waals surface area (Å²) in [5, 5.41) is 9.12. The Kier molecular flexibility index (Phi) is 5.77. The van der Waals surface area contributed by atoms with Crippen LogP contribution in [0.4, 0.5) is 0 Å². The molecule has 1 atom stereocenters. The van der Waals surface area contributed by atoms with Crippen molar-refractivity contribution in [1.29, 1.82) is 0 Å². The second-order valence-corrected chi connectivity index (χ2v) is 5.29. The van der Waals surface area contributed by atoms with Crippen LogP contribution >= 0.6 is 11.8 Å². The number of nitrogens with zero attached hydrogens (tertiary/aromatic N) is 2. The van der Waals surface area contributed by atoms with E-state index in [0.717, 1.165) is 18.7 Å². The van der Waals surface area contributed by atoms with E-state index in [9.17, 15) is 9.59 Å². The summed E-state index contributed by atoms with van der Waals surface area (Å²) in [4.78, 5) is 26.5. The van der Waals surface area contributed by atoms with Crippen LogP contribution in [0.1, 0.15) is 12.8 Å². The molecule has 0 bridgehead atoms. The summed E-state index contributed by atoms with van der Waals surface area (Å²) in [5.41, 5.74) is 0. The molecule has 1 aliphatic rings. The lowest BCUT2D eigenvalue weighted by atomic mass is 10.1. The van der Waals surface area contributed by atoms with Gasteiger partial charge < -0.3 is 14.9 Å². The minimum Gasteiger partial charge on any atom is -0.480 e. The van der Waals surface area contributed by atoms with Gasteiger partial charge in [0, 0.05) is 26.1 Å². The normalized spacial score (nSPS) is 21.5. The highest BCUT2D eigenvalue weighted by atomic mass is 32.2. The summed E-state index contributed by atoms with van der Waals surface area (Å²) in [6, 6.07) is -0.685. The molecular formula is C11H20N2O3S. The van der Waals surface area contributed by atoms with Gasteiger partial charge in [0.2, 0.25) is 5.91 Å². The summed E-state index contributed by atoms with van der Waals surface area (Å²) in [6.45, 7) is 1.69. The highest BCUT2D eigenvalue weighted by Gasteiger charge is 2.33. The van der Waals surface area contributed by atoms with Crippen molar-refractivity contribution < 1.29 is 14.7 Å². The van der Waals surface area contributed by atoms with Crippen molar-refractivity contribution in [2.45, 2.75) is 18.9 Å². The molecule has 0 aromatic rings. The van der Waals surface area contributed by atoms with Crippen LogP contribution in [0.2, 0.25) is 0 Å². The molecule has 0 aliphatic carbocycles. The number of carboxylic acids is 1. The van der Waals surface area contributed by atoms with Crippen LogP contribution in [-0.2, 0) is 9.59 Å². The summed E-state index contributed by atoms with van der Waals surface area (Å²) >= 11 is 1.70. The van der Waals surface area contributed by atoms with Crippen LogP contribution in [0.3, 0.4) is 0 Å². The third-order valence-electron chi connectivity index (χ3n) is 2.93. The van der Waals surface area contributed by atoms with Crippen LogP contribution in [0, 0.1) is 0 Å². The van der Waals surface area contributed by atoms with Crippen LogP contribution in [0.15, 0.2) is 0 Å². The number of carbonyl (C=O) groups is 2. The van der Waals surface area contributed by atoms with Gasteiger partial charge in [0.05, 0.1) is 0 Å². The Labute approximate surface area is 106 Å². The monoisotopic (exact) mass is 260 g/mol. The minimum atomic E-state index is -0.908. The lowest BCUT2D eigenvalue weighted by molar-refractivity contribution is -0.153. The molecule has 0 saturated carbocycles. The fourth-order valence-electron chi connectivity index (χ4n) is 1.94. The number of hydrogen-bond acceptors (Lipinski definition) is 4. The number of hydrogen-bond donors (Lipinski definition) is 1. The second-order valence-electron chi connectivity index (χ2n) is 4.30. The largest absolute Gasteiger partial charge is 0.480 e. The smallest absolute Gasteiger partial charge is 0.327 e. The van der Waals surface area contributed by atoms with E-state index in [4.69, 9.17) is 5.11 Å². The van der Waals surface area contributed by atoms with Crippen molar-refractivity contribution in [3.63, 3.8) is 0 Å². The Hall–Kier alpha value is -0.750. The first-order valence-corrected chi connectivity index (χ1v) is 7.15. The number of rotatable bonds is 5. The summed E-state index contributed by atoms with van der Waals surface area (Å²) in [5.74, 6) is 0.00587. The number of piperazine rings is 1. The number of amides is 1. The molecule has 0 spiro atoms. The molecule has 1 rings (SSSR count). The van der Waals surface area contributed by atoms with E-state index in [2.05, 4.69) is 0 Å². The molecule has 0 aromatic carbocycles. The molecular weight excluding hydrogens is 240 g/mol. The standard InChI is InChI=1S/C11H20N2O3S/c1-12-5-6-13(9(8-12)11(15)16)10(14)4-3-7-17-2/h9H,3-8H2,1-2H3,(H,15,16). The molecule has 1 fully saturated rings.